The number of likely N-dealkylation sites (N-methyl/N-ethyl adjacent to an activating group) is 1. The van der Waals surface area contributed by atoms with Crippen LogP contribution >= 0.6 is 0 Å². The van der Waals surface area contributed by atoms with Crippen molar-refractivity contribution in [3.05, 3.63) is 40.7 Å². The van der Waals surface area contributed by atoms with Crippen LogP contribution in [0.5, 0.6) is 0 Å². The summed E-state index contributed by atoms with van der Waals surface area (Å²) in [6.07, 6.45) is 1.22. The van der Waals surface area contributed by atoms with Gasteiger partial charge in [-0.1, -0.05) is 12.1 Å². The monoisotopic (exact) mass is 434 g/mol. The number of carbonyl (C=O) groups is 1. The normalized spacial score (nSPS) is 20.0. The van der Waals surface area contributed by atoms with Gasteiger partial charge in [-0.25, -0.2) is 0 Å². The number of amides is 1. The number of hydrogen-bond donors (Lipinski definition) is 0. The van der Waals surface area contributed by atoms with E-state index in [4.69, 9.17) is 0 Å². The summed E-state index contributed by atoms with van der Waals surface area (Å²) in [5.41, 5.74) is 0.423. The molecule has 2 aliphatic heterocycles. The third-order valence-corrected chi connectivity index (χ3v) is 7.79. The van der Waals surface area contributed by atoms with Gasteiger partial charge in [-0.15, -0.1) is 0 Å². The summed E-state index contributed by atoms with van der Waals surface area (Å²) in [7, 11) is -1.52. The number of piperazine rings is 2. The largest absolute Gasteiger partial charge is 0.338 e. The summed E-state index contributed by atoms with van der Waals surface area (Å²) in [5, 5.41) is 4.62. The lowest BCUT2D eigenvalue weighted by molar-refractivity contribution is -0.133. The molecular formula is C19H26N6O4S. The Kier molecular flexibility index (Phi) is 5.87. The van der Waals surface area contributed by atoms with Gasteiger partial charge in [0.15, 0.2) is 0 Å². The Morgan fingerprint density at radius 2 is 1.57 bits per heavy atom. The minimum absolute atomic E-state index is 0.00596. The molecule has 2 saturated heterocycles. The minimum Gasteiger partial charge on any atom is -0.338 e. The molecule has 2 fully saturated rings. The highest BCUT2D eigenvalue weighted by Crippen LogP contribution is 2.15. The first-order valence-corrected chi connectivity index (χ1v) is 11.4. The van der Waals surface area contributed by atoms with E-state index in [-0.39, 0.29) is 31.0 Å². The van der Waals surface area contributed by atoms with Crippen molar-refractivity contribution in [2.75, 3.05) is 59.4 Å². The van der Waals surface area contributed by atoms with Crippen molar-refractivity contribution < 1.29 is 13.2 Å². The Morgan fingerprint density at radius 3 is 2.23 bits per heavy atom. The number of hydrogen-bond acceptors (Lipinski definition) is 6. The fourth-order valence-corrected chi connectivity index (χ4v) is 5.44. The highest BCUT2D eigenvalue weighted by atomic mass is 32.2. The maximum Gasteiger partial charge on any atom is 0.282 e. The van der Waals surface area contributed by atoms with Crippen LogP contribution in [0.1, 0.15) is 0 Å². The predicted octanol–water partition coefficient (Wildman–Crippen LogP) is -0.967. The molecule has 10 nitrogen and oxygen atoms in total. The van der Waals surface area contributed by atoms with Crippen molar-refractivity contribution in [3.63, 3.8) is 0 Å². The van der Waals surface area contributed by atoms with E-state index in [1.807, 2.05) is 7.05 Å². The maximum absolute atomic E-state index is 12.9. The Balaban J connectivity index is 1.39. The fraction of sp³-hybridized carbons (Fsp3) is 0.526. The molecule has 162 valence electrons. The van der Waals surface area contributed by atoms with Gasteiger partial charge >= 0.3 is 0 Å². The summed E-state index contributed by atoms with van der Waals surface area (Å²) in [6, 6.07) is 7.04. The Labute approximate surface area is 175 Å². The van der Waals surface area contributed by atoms with Crippen LogP contribution in [-0.4, -0.2) is 102 Å². The Bertz CT molecular complexity index is 1090. The lowest BCUT2D eigenvalue weighted by atomic mass is 10.2. The fourth-order valence-electron chi connectivity index (χ4n) is 3.87. The molecule has 4 rings (SSSR count). The first kappa shape index (κ1) is 20.9. The van der Waals surface area contributed by atoms with E-state index in [9.17, 15) is 18.0 Å². The maximum atomic E-state index is 12.9. The molecule has 1 aromatic carbocycles. The van der Waals surface area contributed by atoms with Crippen LogP contribution in [0.2, 0.25) is 0 Å². The number of benzene rings is 1. The zero-order valence-electron chi connectivity index (χ0n) is 17.0. The quantitative estimate of drug-likeness (QED) is 0.614. The molecule has 30 heavy (non-hydrogen) atoms. The molecule has 2 aliphatic rings. The summed E-state index contributed by atoms with van der Waals surface area (Å²) in [6.45, 7) is 3.65. The second kappa shape index (κ2) is 8.42. The van der Waals surface area contributed by atoms with Gasteiger partial charge in [-0.2, -0.15) is 22.1 Å². The third kappa shape index (κ3) is 4.10. The molecule has 0 bridgehead atoms. The smallest absolute Gasteiger partial charge is 0.282 e. The van der Waals surface area contributed by atoms with Crippen LogP contribution < -0.4 is 5.43 Å². The first-order valence-electron chi connectivity index (χ1n) is 10.0. The van der Waals surface area contributed by atoms with E-state index in [0.29, 0.717) is 37.1 Å². The van der Waals surface area contributed by atoms with Crippen molar-refractivity contribution >= 4 is 27.0 Å². The third-order valence-electron chi connectivity index (χ3n) is 5.75. The summed E-state index contributed by atoms with van der Waals surface area (Å²) >= 11 is 0. The topological polar surface area (TPSA) is 99.1 Å². The number of carbonyl (C=O) groups excluding carboxylic acids is 1. The van der Waals surface area contributed by atoms with Gasteiger partial charge in [0, 0.05) is 57.7 Å². The van der Waals surface area contributed by atoms with Gasteiger partial charge in [-0.05, 0) is 19.2 Å². The molecule has 0 atom stereocenters. The highest BCUT2D eigenvalue weighted by molar-refractivity contribution is 7.86. The van der Waals surface area contributed by atoms with Crippen molar-refractivity contribution in [2.45, 2.75) is 6.54 Å². The van der Waals surface area contributed by atoms with Crippen LogP contribution in [0.3, 0.4) is 0 Å². The predicted molar refractivity (Wildman–Crippen MR) is 112 cm³/mol. The molecule has 0 radical (unpaired) electrons. The molecular weight excluding hydrogens is 408 g/mol. The van der Waals surface area contributed by atoms with Gasteiger partial charge in [0.05, 0.1) is 11.7 Å². The molecule has 0 aliphatic carbocycles. The van der Waals surface area contributed by atoms with E-state index in [2.05, 4.69) is 10.00 Å². The van der Waals surface area contributed by atoms with Crippen molar-refractivity contribution in [2.24, 2.45) is 0 Å². The van der Waals surface area contributed by atoms with Crippen molar-refractivity contribution in [3.8, 4) is 0 Å². The number of nitrogens with zero attached hydrogens (tertiary/aromatic N) is 6. The van der Waals surface area contributed by atoms with Crippen LogP contribution in [-0.2, 0) is 21.5 Å². The second-order valence-corrected chi connectivity index (χ2v) is 9.60. The zero-order chi connectivity index (χ0) is 21.3. The van der Waals surface area contributed by atoms with Crippen LogP contribution in [0.25, 0.3) is 10.9 Å². The van der Waals surface area contributed by atoms with E-state index in [0.717, 1.165) is 13.1 Å². The molecule has 0 saturated carbocycles. The molecule has 0 spiro atoms. The highest BCUT2D eigenvalue weighted by Gasteiger charge is 2.34. The van der Waals surface area contributed by atoms with Gasteiger partial charge in [0.1, 0.15) is 6.54 Å². The van der Waals surface area contributed by atoms with Gasteiger partial charge in [0.25, 0.3) is 10.2 Å². The number of aromatic nitrogens is 2. The van der Waals surface area contributed by atoms with E-state index in [1.54, 1.807) is 29.2 Å². The molecule has 1 amide bonds. The molecule has 0 unspecified atom stereocenters. The number of fused-ring (bicyclic) bond motifs is 1. The molecule has 1 aromatic heterocycles. The number of para-hydroxylation sites is 1. The lowest BCUT2D eigenvalue weighted by Crippen LogP contribution is -2.57. The first-order chi connectivity index (χ1) is 14.4. The van der Waals surface area contributed by atoms with Gasteiger partial charge in [-0.3, -0.25) is 14.3 Å². The SMILES string of the molecule is CN1CCN(S(=O)(=O)N2CCN(C(=O)Cn3ncc(=O)c4ccccc43)CC2)CC1. The molecule has 0 N–H and O–H groups in total. The van der Waals surface area contributed by atoms with E-state index < -0.39 is 10.2 Å². The van der Waals surface area contributed by atoms with E-state index in [1.165, 1.54) is 19.5 Å². The molecule has 11 heteroatoms. The zero-order valence-corrected chi connectivity index (χ0v) is 17.8. The number of rotatable bonds is 4. The summed E-state index contributed by atoms with van der Waals surface area (Å²) in [5.74, 6) is -0.145. The van der Waals surface area contributed by atoms with Gasteiger partial charge < -0.3 is 9.80 Å². The molecule has 3 heterocycles. The van der Waals surface area contributed by atoms with E-state index >= 15 is 0 Å². The second-order valence-electron chi connectivity index (χ2n) is 7.67. The lowest BCUT2D eigenvalue weighted by Gasteiger charge is -2.39. The minimum atomic E-state index is -3.50. The average molecular weight is 435 g/mol. The summed E-state index contributed by atoms with van der Waals surface area (Å²) < 4.78 is 30.3. The Morgan fingerprint density at radius 1 is 0.967 bits per heavy atom. The van der Waals surface area contributed by atoms with Crippen molar-refractivity contribution in [1.82, 2.24) is 28.2 Å². The average Bonchev–Trinajstić information content (AvgIpc) is 2.76. The van der Waals surface area contributed by atoms with Crippen LogP contribution in [0.15, 0.2) is 35.3 Å². The van der Waals surface area contributed by atoms with Crippen LogP contribution in [0, 0.1) is 0 Å². The standard InChI is InChI=1S/C19H26N6O4S/c1-21-6-10-23(11-7-21)30(28,29)24-12-8-22(9-13-24)19(27)15-25-17-5-3-2-4-16(17)18(26)14-20-25/h2-5,14H,6-13,15H2,1H3. The summed E-state index contributed by atoms with van der Waals surface area (Å²) in [4.78, 5) is 28.5. The Hall–Kier alpha value is -2.34. The van der Waals surface area contributed by atoms with Crippen molar-refractivity contribution in [1.29, 1.82) is 0 Å². The van der Waals surface area contributed by atoms with Crippen LogP contribution in [0.4, 0.5) is 0 Å². The molecule has 2 aromatic rings. The van der Waals surface area contributed by atoms with Gasteiger partial charge in [0.2, 0.25) is 11.3 Å².